The van der Waals surface area contributed by atoms with Gasteiger partial charge in [-0.05, 0) is 86.3 Å². The van der Waals surface area contributed by atoms with Crippen molar-refractivity contribution in [2.75, 3.05) is 17.2 Å². The fourth-order valence-electron chi connectivity index (χ4n) is 4.74. The Morgan fingerprint density at radius 3 is 2.43 bits per heavy atom. The van der Waals surface area contributed by atoms with Crippen LogP contribution in [0.2, 0.25) is 0 Å². The molecule has 0 aliphatic carbocycles. The highest BCUT2D eigenvalue weighted by molar-refractivity contribution is 8.15. The van der Waals surface area contributed by atoms with E-state index < -0.39 is 6.36 Å². The number of alkyl halides is 3. The lowest BCUT2D eigenvalue weighted by Gasteiger charge is -2.21. The number of aromatic nitrogens is 3. The summed E-state index contributed by atoms with van der Waals surface area (Å²) in [7, 11) is 0. The van der Waals surface area contributed by atoms with E-state index in [9.17, 15) is 18.0 Å². The minimum absolute atomic E-state index is 0.00255. The molecule has 0 atom stereocenters. The molecule has 3 aromatic carbocycles. The zero-order valence-corrected chi connectivity index (χ0v) is 25.6. The second kappa shape index (κ2) is 13.6. The lowest BCUT2D eigenvalue weighted by molar-refractivity contribution is -0.274. The molecule has 4 aromatic rings. The van der Waals surface area contributed by atoms with Crippen molar-refractivity contribution in [2.24, 2.45) is 4.99 Å². The summed E-state index contributed by atoms with van der Waals surface area (Å²) in [4.78, 5) is 23.2. The van der Waals surface area contributed by atoms with Gasteiger partial charge in [0.25, 0.3) is 0 Å². The molecule has 1 fully saturated rings. The lowest BCUT2D eigenvalue weighted by atomic mass is 10.1. The number of halogens is 3. The lowest BCUT2D eigenvalue weighted by Crippen LogP contribution is -2.32. The van der Waals surface area contributed by atoms with Crippen molar-refractivity contribution in [3.63, 3.8) is 0 Å². The maximum atomic E-state index is 12.6. The van der Waals surface area contributed by atoms with Crippen LogP contribution in [0.4, 0.5) is 18.9 Å². The smallest absolute Gasteiger partial charge is 0.406 e. The van der Waals surface area contributed by atoms with E-state index in [0.717, 1.165) is 41.6 Å². The number of nitrogens with one attached hydrogen (secondary N) is 1. The number of amidine groups is 1. The van der Waals surface area contributed by atoms with Crippen LogP contribution in [0.1, 0.15) is 29.5 Å². The molecule has 0 bridgehead atoms. The molecule has 0 spiro atoms. The predicted molar refractivity (Wildman–Crippen MR) is 170 cm³/mol. The minimum atomic E-state index is -4.74. The zero-order chi connectivity index (χ0) is 31.3. The van der Waals surface area contributed by atoms with E-state index in [0.29, 0.717) is 34.1 Å². The molecule has 1 amide bonds. The normalized spacial score (nSPS) is 14.3. The van der Waals surface area contributed by atoms with E-state index in [-0.39, 0.29) is 11.7 Å². The molecule has 13 heteroatoms. The first kappa shape index (κ1) is 31.2. The first-order valence-electron chi connectivity index (χ1n) is 13.8. The summed E-state index contributed by atoms with van der Waals surface area (Å²) in [5.41, 5.74) is 5.45. The third kappa shape index (κ3) is 7.83. The van der Waals surface area contributed by atoms with Crippen molar-refractivity contribution in [2.45, 2.75) is 39.5 Å². The standard InChI is InChI=1S/C31H29F3N6O2S2/c1-20-6-5-7-21(2)27(20)40-26(41)18-44-30(40)37-29(43)35-17-4-3-8-22-9-11-23(12-10-22)28-36-19-39(38-28)24-13-15-25(16-14-24)42-31(32,33)34/h5-7,9-16,19H,3-4,8,17-18H2,1-2H3,(H,35,43). The first-order valence-corrected chi connectivity index (χ1v) is 15.2. The molecule has 0 radical (unpaired) electrons. The summed E-state index contributed by atoms with van der Waals surface area (Å²) in [5.74, 6) is 0.539. The van der Waals surface area contributed by atoms with Crippen LogP contribution in [0.5, 0.6) is 5.75 Å². The summed E-state index contributed by atoms with van der Waals surface area (Å²) >= 11 is 6.84. The number of thiocarbonyl (C=S) groups is 1. The number of aliphatic imine (C=N–C) groups is 1. The molecule has 1 aliphatic heterocycles. The molecule has 2 heterocycles. The van der Waals surface area contributed by atoms with Gasteiger partial charge in [-0.15, -0.1) is 18.3 Å². The number of aryl methyl sites for hydroxylation is 3. The van der Waals surface area contributed by atoms with Gasteiger partial charge in [0.2, 0.25) is 5.91 Å². The van der Waals surface area contributed by atoms with Gasteiger partial charge in [-0.2, -0.15) is 4.99 Å². The van der Waals surface area contributed by atoms with Crippen molar-refractivity contribution in [3.05, 3.63) is 89.7 Å². The summed E-state index contributed by atoms with van der Waals surface area (Å²) < 4.78 is 42.6. The van der Waals surface area contributed by atoms with Gasteiger partial charge in [-0.25, -0.2) is 9.67 Å². The highest BCUT2D eigenvalue weighted by Gasteiger charge is 2.32. The number of para-hydroxylation sites is 1. The van der Waals surface area contributed by atoms with E-state index in [1.807, 2.05) is 56.3 Å². The molecular formula is C31H29F3N6O2S2. The Kier molecular flexibility index (Phi) is 9.64. The summed E-state index contributed by atoms with van der Waals surface area (Å²) in [5, 5.41) is 8.59. The SMILES string of the molecule is Cc1cccc(C)c1N1C(=O)CSC1=NC(=S)NCCCCc1ccc(-c2ncn(-c3ccc(OC(F)(F)F)cc3)n2)cc1. The van der Waals surface area contributed by atoms with Crippen LogP contribution in [0, 0.1) is 13.8 Å². The molecule has 1 saturated heterocycles. The Balaban J connectivity index is 1.08. The number of carbonyl (C=O) groups is 1. The predicted octanol–water partition coefficient (Wildman–Crippen LogP) is 6.78. The third-order valence-corrected chi connectivity index (χ3v) is 7.99. The Morgan fingerprint density at radius 2 is 1.75 bits per heavy atom. The van der Waals surface area contributed by atoms with Gasteiger partial charge in [0.1, 0.15) is 12.1 Å². The number of thioether (sulfide) groups is 1. The topological polar surface area (TPSA) is 84.6 Å². The molecule has 0 unspecified atom stereocenters. The van der Waals surface area contributed by atoms with E-state index in [2.05, 4.69) is 25.1 Å². The fraction of sp³-hybridized carbons (Fsp3) is 0.258. The molecule has 228 valence electrons. The quantitative estimate of drug-likeness (QED) is 0.160. The average molecular weight is 639 g/mol. The van der Waals surface area contributed by atoms with E-state index in [1.165, 1.54) is 52.6 Å². The molecule has 5 rings (SSSR count). The minimum Gasteiger partial charge on any atom is -0.406 e. The fourth-order valence-corrected chi connectivity index (χ4v) is 5.85. The van der Waals surface area contributed by atoms with Crippen LogP contribution in [-0.4, -0.2) is 49.6 Å². The number of rotatable bonds is 9. The van der Waals surface area contributed by atoms with Crippen molar-refractivity contribution >= 4 is 45.9 Å². The summed E-state index contributed by atoms with van der Waals surface area (Å²) in [6.07, 6.45) is -0.527. The Morgan fingerprint density at radius 1 is 1.05 bits per heavy atom. The maximum Gasteiger partial charge on any atom is 0.573 e. The van der Waals surface area contributed by atoms with Crippen molar-refractivity contribution in [3.8, 4) is 22.8 Å². The summed E-state index contributed by atoms with van der Waals surface area (Å²) in [6, 6.07) is 19.3. The Hall–Kier alpha value is -4.23. The average Bonchev–Trinajstić information content (AvgIpc) is 3.60. The number of nitrogens with zero attached hydrogens (tertiary/aromatic N) is 5. The number of amides is 1. The number of benzene rings is 3. The van der Waals surface area contributed by atoms with Gasteiger partial charge in [0.05, 0.1) is 17.1 Å². The van der Waals surface area contributed by atoms with Crippen molar-refractivity contribution in [1.82, 2.24) is 20.1 Å². The first-order chi connectivity index (χ1) is 21.1. The van der Waals surface area contributed by atoms with Gasteiger partial charge in [0, 0.05) is 12.1 Å². The van der Waals surface area contributed by atoms with Crippen LogP contribution in [-0.2, 0) is 11.2 Å². The van der Waals surface area contributed by atoms with E-state index in [4.69, 9.17) is 12.2 Å². The van der Waals surface area contributed by atoms with Crippen molar-refractivity contribution in [1.29, 1.82) is 0 Å². The number of anilines is 1. The second-order valence-corrected chi connectivity index (χ2v) is 11.4. The van der Waals surface area contributed by atoms with Gasteiger partial charge in [0.15, 0.2) is 16.1 Å². The van der Waals surface area contributed by atoms with Gasteiger partial charge in [-0.3, -0.25) is 9.69 Å². The van der Waals surface area contributed by atoms with E-state index >= 15 is 0 Å². The molecular weight excluding hydrogens is 610 g/mol. The van der Waals surface area contributed by atoms with Gasteiger partial charge >= 0.3 is 6.36 Å². The monoisotopic (exact) mass is 638 g/mol. The van der Waals surface area contributed by atoms with Gasteiger partial charge < -0.3 is 10.1 Å². The molecule has 8 nitrogen and oxygen atoms in total. The largest absolute Gasteiger partial charge is 0.573 e. The summed E-state index contributed by atoms with van der Waals surface area (Å²) in [6.45, 7) is 4.63. The number of unbranched alkanes of at least 4 members (excludes halogenated alkanes) is 1. The second-order valence-electron chi connectivity index (χ2n) is 10.1. The number of carbonyl (C=O) groups excluding carboxylic acids is 1. The molecule has 1 N–H and O–H groups in total. The Bertz CT molecular complexity index is 1650. The highest BCUT2D eigenvalue weighted by atomic mass is 32.2. The van der Waals surface area contributed by atoms with Crippen LogP contribution in [0.25, 0.3) is 17.1 Å². The highest BCUT2D eigenvalue weighted by Crippen LogP contribution is 2.32. The van der Waals surface area contributed by atoms with Crippen LogP contribution in [0.3, 0.4) is 0 Å². The maximum absolute atomic E-state index is 12.6. The third-order valence-electron chi connectivity index (χ3n) is 6.83. The zero-order valence-electron chi connectivity index (χ0n) is 24.0. The van der Waals surface area contributed by atoms with Crippen LogP contribution < -0.4 is 15.0 Å². The molecule has 1 aromatic heterocycles. The number of ether oxygens (including phenoxy) is 1. The Labute approximate surface area is 262 Å². The molecule has 0 saturated carbocycles. The van der Waals surface area contributed by atoms with Crippen LogP contribution in [0.15, 0.2) is 78.0 Å². The van der Waals surface area contributed by atoms with E-state index in [1.54, 1.807) is 4.90 Å². The molecule has 44 heavy (non-hydrogen) atoms. The molecule has 1 aliphatic rings. The van der Waals surface area contributed by atoms with Gasteiger partial charge in [-0.1, -0.05) is 54.2 Å². The number of hydrogen-bond acceptors (Lipinski definition) is 6. The number of hydrogen-bond donors (Lipinski definition) is 1. The van der Waals surface area contributed by atoms with Crippen LogP contribution >= 0.6 is 24.0 Å². The van der Waals surface area contributed by atoms with Crippen molar-refractivity contribution < 1.29 is 22.7 Å².